The largest absolute Gasteiger partial charge is 0.460 e. The summed E-state index contributed by atoms with van der Waals surface area (Å²) in [7, 11) is 0. The molecule has 2 aliphatic rings. The maximum Gasteiger partial charge on any atom is 0.343 e. The Kier molecular flexibility index (Phi) is 2.46. The van der Waals surface area contributed by atoms with Gasteiger partial charge in [0.15, 0.2) is 0 Å². The van der Waals surface area contributed by atoms with E-state index in [9.17, 15) is 9.90 Å². The highest BCUT2D eigenvalue weighted by molar-refractivity contribution is 14.1. The summed E-state index contributed by atoms with van der Waals surface area (Å²) in [5.74, 6) is -1.11. The Bertz CT molecular complexity index is 258. The Morgan fingerprint density at radius 3 is 2.77 bits per heavy atom. The Morgan fingerprint density at radius 2 is 2.23 bits per heavy atom. The van der Waals surface area contributed by atoms with Crippen molar-refractivity contribution in [1.29, 1.82) is 0 Å². The molecular formula is C7H7Cl2IO3. The Morgan fingerprint density at radius 1 is 1.62 bits per heavy atom. The van der Waals surface area contributed by atoms with Crippen LogP contribution < -0.4 is 0 Å². The predicted octanol–water partition coefficient (Wildman–Crippen LogP) is 1.27. The van der Waals surface area contributed by atoms with Crippen molar-refractivity contribution in [2.75, 3.05) is 0 Å². The van der Waals surface area contributed by atoms with Crippen molar-refractivity contribution < 1.29 is 14.6 Å². The maximum atomic E-state index is 11.2. The minimum atomic E-state index is -1.57. The van der Waals surface area contributed by atoms with E-state index in [-0.39, 0.29) is 10.0 Å². The third kappa shape index (κ3) is 1.37. The van der Waals surface area contributed by atoms with Gasteiger partial charge in [0, 0.05) is 3.92 Å². The van der Waals surface area contributed by atoms with Crippen molar-refractivity contribution in [2.45, 2.75) is 26.9 Å². The lowest BCUT2D eigenvalue weighted by Gasteiger charge is -2.20. The van der Waals surface area contributed by atoms with Crippen LogP contribution in [0.2, 0.25) is 0 Å². The average molecular weight is 337 g/mol. The van der Waals surface area contributed by atoms with Crippen LogP contribution in [-0.4, -0.2) is 31.5 Å². The summed E-state index contributed by atoms with van der Waals surface area (Å²) >= 11 is 13.7. The lowest BCUT2D eigenvalue weighted by Crippen LogP contribution is -2.37. The van der Waals surface area contributed by atoms with Gasteiger partial charge in [0.2, 0.25) is 4.33 Å². The summed E-state index contributed by atoms with van der Waals surface area (Å²) in [5.41, 5.74) is 0. The number of halogens is 3. The van der Waals surface area contributed by atoms with Crippen molar-refractivity contribution in [3.8, 4) is 0 Å². The highest BCUT2D eigenvalue weighted by Gasteiger charge is 2.63. The molecule has 4 atom stereocenters. The molecule has 0 aromatic rings. The second-order valence-corrected chi connectivity index (χ2v) is 6.32. The highest BCUT2D eigenvalue weighted by Crippen LogP contribution is 2.50. The first-order chi connectivity index (χ1) is 5.94. The molecule has 0 unspecified atom stereocenters. The zero-order valence-electron chi connectivity index (χ0n) is 6.41. The van der Waals surface area contributed by atoms with Gasteiger partial charge in [0.05, 0.1) is 12.0 Å². The van der Waals surface area contributed by atoms with E-state index >= 15 is 0 Å². The molecule has 2 fully saturated rings. The van der Waals surface area contributed by atoms with E-state index in [1.54, 1.807) is 0 Å². The molecule has 1 saturated heterocycles. The number of hydrogen-bond donors (Lipinski definition) is 1. The zero-order chi connectivity index (χ0) is 9.80. The summed E-state index contributed by atoms with van der Waals surface area (Å²) in [6.07, 6.45) is -0.356. The molecule has 1 saturated carbocycles. The zero-order valence-corrected chi connectivity index (χ0v) is 10.1. The van der Waals surface area contributed by atoms with Crippen LogP contribution in [0, 0.1) is 5.92 Å². The van der Waals surface area contributed by atoms with Crippen LogP contribution in [-0.2, 0) is 9.53 Å². The van der Waals surface area contributed by atoms with Crippen LogP contribution in [0.4, 0.5) is 0 Å². The molecule has 0 radical (unpaired) electrons. The van der Waals surface area contributed by atoms with E-state index in [0.717, 1.165) is 0 Å². The van der Waals surface area contributed by atoms with Crippen molar-refractivity contribution >= 4 is 51.8 Å². The number of rotatable bonds is 0. The third-order valence-electron chi connectivity index (χ3n) is 2.55. The van der Waals surface area contributed by atoms with E-state index in [2.05, 4.69) is 22.6 Å². The van der Waals surface area contributed by atoms with Crippen molar-refractivity contribution in [3.05, 3.63) is 0 Å². The van der Waals surface area contributed by atoms with Crippen LogP contribution in [0.25, 0.3) is 0 Å². The minimum absolute atomic E-state index is 0.0533. The average Bonchev–Trinajstić information content (AvgIpc) is 2.37. The van der Waals surface area contributed by atoms with Crippen molar-refractivity contribution in [2.24, 2.45) is 5.92 Å². The molecule has 0 amide bonds. The lowest BCUT2D eigenvalue weighted by molar-refractivity contribution is -0.141. The second kappa shape index (κ2) is 3.12. The van der Waals surface area contributed by atoms with E-state index in [1.165, 1.54) is 0 Å². The number of aliphatic hydroxyl groups is 1. The van der Waals surface area contributed by atoms with Gasteiger partial charge in [-0.25, -0.2) is 4.79 Å². The van der Waals surface area contributed by atoms with Crippen LogP contribution in [0.5, 0.6) is 0 Å². The highest BCUT2D eigenvalue weighted by atomic mass is 127. The SMILES string of the molecule is O=C1O[C@H]2C[C@H](I)[C@@H](O)[C@H]2C1(Cl)Cl. The van der Waals surface area contributed by atoms with E-state index < -0.39 is 22.3 Å². The van der Waals surface area contributed by atoms with Crippen molar-refractivity contribution in [3.63, 3.8) is 0 Å². The monoisotopic (exact) mass is 336 g/mol. The number of hydrogen-bond acceptors (Lipinski definition) is 3. The van der Waals surface area contributed by atoms with E-state index in [1.807, 2.05) is 0 Å². The Hall–Kier alpha value is 0.740. The Labute approximate surface area is 98.9 Å². The predicted molar refractivity (Wildman–Crippen MR) is 56.2 cm³/mol. The molecule has 0 aromatic carbocycles. The van der Waals surface area contributed by atoms with Crippen molar-refractivity contribution in [1.82, 2.24) is 0 Å². The first-order valence-corrected chi connectivity index (χ1v) is 5.86. The fourth-order valence-electron chi connectivity index (χ4n) is 1.87. The fourth-order valence-corrected chi connectivity index (χ4v) is 3.45. The number of ether oxygens (including phenoxy) is 1. The molecule has 74 valence electrons. The molecule has 0 bridgehead atoms. The summed E-state index contributed by atoms with van der Waals surface area (Å²) in [6, 6.07) is 0. The summed E-state index contributed by atoms with van der Waals surface area (Å²) in [6.45, 7) is 0. The smallest absolute Gasteiger partial charge is 0.343 e. The van der Waals surface area contributed by atoms with Gasteiger partial charge in [0.25, 0.3) is 0 Å². The Balaban J connectivity index is 2.30. The molecule has 3 nitrogen and oxygen atoms in total. The lowest BCUT2D eigenvalue weighted by atomic mass is 10.0. The molecule has 1 aliphatic heterocycles. The molecular weight excluding hydrogens is 330 g/mol. The molecule has 1 N–H and O–H groups in total. The molecule has 13 heavy (non-hydrogen) atoms. The molecule has 6 heteroatoms. The van der Waals surface area contributed by atoms with Crippen LogP contribution in [0.1, 0.15) is 6.42 Å². The van der Waals surface area contributed by atoms with Gasteiger partial charge in [-0.05, 0) is 6.42 Å². The quantitative estimate of drug-likeness (QED) is 0.412. The number of fused-ring (bicyclic) bond motifs is 1. The van der Waals surface area contributed by atoms with Gasteiger partial charge in [-0.15, -0.1) is 0 Å². The molecule has 0 spiro atoms. The van der Waals surface area contributed by atoms with Crippen LogP contribution in [0.3, 0.4) is 0 Å². The van der Waals surface area contributed by atoms with Gasteiger partial charge in [-0.3, -0.25) is 0 Å². The topological polar surface area (TPSA) is 46.5 Å². The molecule has 1 aliphatic carbocycles. The summed E-state index contributed by atoms with van der Waals surface area (Å²) in [5, 5.41) is 9.71. The third-order valence-corrected chi connectivity index (χ3v) is 4.60. The van der Waals surface area contributed by atoms with E-state index in [4.69, 9.17) is 27.9 Å². The van der Waals surface area contributed by atoms with Gasteiger partial charge in [-0.1, -0.05) is 45.8 Å². The molecule has 2 rings (SSSR count). The van der Waals surface area contributed by atoms with Crippen LogP contribution >= 0.6 is 45.8 Å². The number of esters is 1. The number of aliphatic hydroxyl groups excluding tert-OH is 1. The first-order valence-electron chi connectivity index (χ1n) is 3.85. The number of carbonyl (C=O) groups is 1. The fraction of sp³-hybridized carbons (Fsp3) is 0.857. The second-order valence-electron chi connectivity index (χ2n) is 3.33. The molecule has 1 heterocycles. The van der Waals surface area contributed by atoms with Gasteiger partial charge >= 0.3 is 5.97 Å². The summed E-state index contributed by atoms with van der Waals surface area (Å²) in [4.78, 5) is 11.2. The maximum absolute atomic E-state index is 11.2. The minimum Gasteiger partial charge on any atom is -0.460 e. The number of alkyl halides is 3. The van der Waals surface area contributed by atoms with E-state index in [0.29, 0.717) is 6.42 Å². The number of carbonyl (C=O) groups excluding carboxylic acids is 1. The standard InChI is InChI=1S/C7H7Cl2IO3/c8-7(9)4-3(13-6(7)12)1-2(10)5(4)11/h2-5,11H,1H2/t2-,3-,4-,5+/m0/s1. The normalized spacial score (nSPS) is 47.5. The van der Waals surface area contributed by atoms with Gasteiger partial charge in [-0.2, -0.15) is 0 Å². The van der Waals surface area contributed by atoms with Gasteiger partial charge in [0.1, 0.15) is 6.10 Å². The van der Waals surface area contributed by atoms with Gasteiger partial charge < -0.3 is 9.84 Å². The van der Waals surface area contributed by atoms with Crippen LogP contribution in [0.15, 0.2) is 0 Å². The summed E-state index contributed by atoms with van der Waals surface area (Å²) < 4.78 is 3.46. The first kappa shape index (κ1) is 10.3. The molecule has 0 aromatic heterocycles.